The molecule has 5 rings (SSSR count). The van der Waals surface area contributed by atoms with Gasteiger partial charge in [0.15, 0.2) is 5.16 Å². The number of thioether (sulfide) groups is 1. The fourth-order valence-electron chi connectivity index (χ4n) is 4.67. The fourth-order valence-corrected chi connectivity index (χ4v) is 7.46. The molecule has 0 amide bonds. The zero-order valence-corrected chi connectivity index (χ0v) is 21.8. The van der Waals surface area contributed by atoms with E-state index in [1.165, 1.54) is 17.3 Å². The first-order chi connectivity index (χ1) is 17.5. The predicted molar refractivity (Wildman–Crippen MR) is 145 cm³/mol. The molecule has 0 radical (unpaired) electrons. The van der Waals surface area contributed by atoms with Crippen molar-refractivity contribution < 1.29 is 8.42 Å². The zero-order valence-electron chi connectivity index (χ0n) is 20.1. The van der Waals surface area contributed by atoms with Crippen LogP contribution in [0.15, 0.2) is 93.7 Å². The standard InChI is InChI=1S/C28H29N3O3S2/c1-2-20-16-18-21(19-17-20)31-27(32)23-12-6-7-13-24(23)29-28(31)35-26-15-9-8-14-25(26)30-36(33,34)22-10-4-3-5-11-22/h3-7,10-13,16-19,25-26,30H,2,8-9,14-15H2,1H3/t25-,26+/m0/s1. The highest BCUT2D eigenvalue weighted by atomic mass is 32.2. The minimum Gasteiger partial charge on any atom is -0.268 e. The number of aryl methyl sites for hydroxylation is 1. The number of para-hydroxylation sites is 1. The average molecular weight is 520 g/mol. The van der Waals surface area contributed by atoms with Gasteiger partial charge >= 0.3 is 0 Å². The highest BCUT2D eigenvalue weighted by molar-refractivity contribution is 7.99. The van der Waals surface area contributed by atoms with Crippen molar-refractivity contribution in [3.63, 3.8) is 0 Å². The highest BCUT2D eigenvalue weighted by Gasteiger charge is 2.31. The van der Waals surface area contributed by atoms with Gasteiger partial charge in [-0.05, 0) is 61.2 Å². The molecule has 186 valence electrons. The molecular formula is C28H29N3O3S2. The molecule has 0 saturated heterocycles. The normalized spacial score (nSPS) is 18.4. The van der Waals surface area contributed by atoms with Crippen LogP contribution in [0.1, 0.15) is 38.2 Å². The van der Waals surface area contributed by atoms with Crippen molar-refractivity contribution in [1.82, 2.24) is 14.3 Å². The molecule has 1 aromatic heterocycles. The summed E-state index contributed by atoms with van der Waals surface area (Å²) in [4.78, 5) is 18.8. The third-order valence-corrected chi connectivity index (χ3v) is 9.52. The van der Waals surface area contributed by atoms with Crippen LogP contribution in [0, 0.1) is 0 Å². The maximum Gasteiger partial charge on any atom is 0.266 e. The van der Waals surface area contributed by atoms with Gasteiger partial charge in [-0.25, -0.2) is 18.1 Å². The molecule has 0 bridgehead atoms. The minimum atomic E-state index is -3.65. The number of hydrogen-bond acceptors (Lipinski definition) is 5. The van der Waals surface area contributed by atoms with Crippen LogP contribution < -0.4 is 10.3 Å². The number of nitrogens with zero attached hydrogens (tertiary/aromatic N) is 2. The van der Waals surface area contributed by atoms with Crippen LogP contribution in [0.3, 0.4) is 0 Å². The van der Waals surface area contributed by atoms with Crippen molar-refractivity contribution in [2.24, 2.45) is 0 Å². The van der Waals surface area contributed by atoms with Crippen LogP contribution in [0.5, 0.6) is 0 Å². The van der Waals surface area contributed by atoms with Gasteiger partial charge in [0.05, 0.1) is 21.5 Å². The Bertz CT molecular complexity index is 1520. The molecule has 4 aromatic rings. The SMILES string of the molecule is CCc1ccc(-n2c(S[C@@H]3CCCC[C@@H]3NS(=O)(=O)c3ccccc3)nc3ccccc3c2=O)cc1. The Morgan fingerprint density at radius 2 is 1.64 bits per heavy atom. The molecule has 1 N–H and O–H groups in total. The lowest BCUT2D eigenvalue weighted by molar-refractivity contribution is 0.422. The highest BCUT2D eigenvalue weighted by Crippen LogP contribution is 2.35. The van der Waals surface area contributed by atoms with E-state index in [9.17, 15) is 13.2 Å². The second-order valence-electron chi connectivity index (χ2n) is 9.05. The van der Waals surface area contributed by atoms with Gasteiger partial charge in [-0.15, -0.1) is 0 Å². The van der Waals surface area contributed by atoms with Gasteiger partial charge in [-0.2, -0.15) is 0 Å². The van der Waals surface area contributed by atoms with Crippen molar-refractivity contribution >= 4 is 32.7 Å². The third kappa shape index (κ3) is 5.12. The summed E-state index contributed by atoms with van der Waals surface area (Å²) >= 11 is 1.49. The van der Waals surface area contributed by atoms with E-state index in [2.05, 4.69) is 11.6 Å². The molecule has 1 fully saturated rings. The molecule has 0 aliphatic heterocycles. The second-order valence-corrected chi connectivity index (χ2v) is 12.0. The number of benzene rings is 3. The van der Waals surface area contributed by atoms with Gasteiger partial charge < -0.3 is 0 Å². The molecule has 1 aliphatic carbocycles. The Kier molecular flexibility index (Phi) is 7.27. The van der Waals surface area contributed by atoms with E-state index in [1.807, 2.05) is 42.5 Å². The third-order valence-electron chi connectivity index (χ3n) is 6.67. The zero-order chi connectivity index (χ0) is 25.1. The number of fused-ring (bicyclic) bond motifs is 1. The van der Waals surface area contributed by atoms with E-state index in [4.69, 9.17) is 4.98 Å². The summed E-state index contributed by atoms with van der Waals surface area (Å²) in [6.07, 6.45) is 4.45. The maximum atomic E-state index is 13.6. The monoisotopic (exact) mass is 519 g/mol. The Labute approximate surface area is 215 Å². The van der Waals surface area contributed by atoms with Gasteiger partial charge in [-0.1, -0.05) is 74.0 Å². The van der Waals surface area contributed by atoms with Crippen molar-refractivity contribution in [3.8, 4) is 5.69 Å². The van der Waals surface area contributed by atoms with Gasteiger partial charge in [-0.3, -0.25) is 9.36 Å². The van der Waals surface area contributed by atoms with Gasteiger partial charge in [0.2, 0.25) is 10.0 Å². The molecule has 1 saturated carbocycles. The lowest BCUT2D eigenvalue weighted by atomic mass is 9.96. The first-order valence-electron chi connectivity index (χ1n) is 12.3. The number of aromatic nitrogens is 2. The quantitative estimate of drug-likeness (QED) is 0.334. The first kappa shape index (κ1) is 24.7. The van der Waals surface area contributed by atoms with E-state index in [1.54, 1.807) is 41.0 Å². The van der Waals surface area contributed by atoms with Crippen LogP contribution >= 0.6 is 11.8 Å². The molecule has 3 aromatic carbocycles. The topological polar surface area (TPSA) is 81.1 Å². The molecule has 6 nitrogen and oxygen atoms in total. The smallest absolute Gasteiger partial charge is 0.266 e. The maximum absolute atomic E-state index is 13.6. The molecule has 0 unspecified atom stereocenters. The Hall–Kier alpha value is -2.94. The second kappa shape index (κ2) is 10.6. The molecule has 8 heteroatoms. The summed E-state index contributed by atoms with van der Waals surface area (Å²) < 4.78 is 30.8. The van der Waals surface area contributed by atoms with E-state index in [0.29, 0.717) is 16.1 Å². The van der Waals surface area contributed by atoms with E-state index in [-0.39, 0.29) is 21.7 Å². The molecule has 2 atom stereocenters. The van der Waals surface area contributed by atoms with Gasteiger partial charge in [0.1, 0.15) is 0 Å². The summed E-state index contributed by atoms with van der Waals surface area (Å²) in [6.45, 7) is 2.10. The summed E-state index contributed by atoms with van der Waals surface area (Å²) in [5, 5.41) is 1.09. The lowest BCUT2D eigenvalue weighted by Crippen LogP contribution is -2.44. The van der Waals surface area contributed by atoms with Crippen LogP contribution in [0.2, 0.25) is 0 Å². The number of nitrogens with one attached hydrogen (secondary N) is 1. The van der Waals surface area contributed by atoms with Crippen LogP contribution in [-0.2, 0) is 16.4 Å². The largest absolute Gasteiger partial charge is 0.268 e. The van der Waals surface area contributed by atoms with Crippen molar-refractivity contribution in [2.75, 3.05) is 0 Å². The molecule has 36 heavy (non-hydrogen) atoms. The molecule has 0 spiro atoms. The molecule has 1 heterocycles. The van der Waals surface area contributed by atoms with Crippen molar-refractivity contribution in [1.29, 1.82) is 0 Å². The van der Waals surface area contributed by atoms with Crippen LogP contribution in [0.4, 0.5) is 0 Å². The Balaban J connectivity index is 1.53. The fraction of sp³-hybridized carbons (Fsp3) is 0.286. The van der Waals surface area contributed by atoms with E-state index in [0.717, 1.165) is 37.8 Å². The lowest BCUT2D eigenvalue weighted by Gasteiger charge is -2.31. The van der Waals surface area contributed by atoms with Crippen molar-refractivity contribution in [2.45, 2.75) is 60.4 Å². The number of rotatable bonds is 7. The Morgan fingerprint density at radius 3 is 2.39 bits per heavy atom. The van der Waals surface area contributed by atoms with E-state index >= 15 is 0 Å². The number of sulfonamides is 1. The number of hydrogen-bond donors (Lipinski definition) is 1. The molecule has 1 aliphatic rings. The van der Waals surface area contributed by atoms with Crippen LogP contribution in [0.25, 0.3) is 16.6 Å². The van der Waals surface area contributed by atoms with Gasteiger partial charge in [0.25, 0.3) is 5.56 Å². The minimum absolute atomic E-state index is 0.0496. The summed E-state index contributed by atoms with van der Waals surface area (Å²) in [5.41, 5.74) is 2.47. The van der Waals surface area contributed by atoms with E-state index < -0.39 is 10.0 Å². The van der Waals surface area contributed by atoms with Gasteiger partial charge in [0, 0.05) is 11.3 Å². The summed E-state index contributed by atoms with van der Waals surface area (Å²) in [7, 11) is -3.65. The molecular weight excluding hydrogens is 490 g/mol. The van der Waals surface area contributed by atoms with Crippen LogP contribution in [-0.4, -0.2) is 29.3 Å². The summed E-state index contributed by atoms with van der Waals surface area (Å²) in [5.74, 6) is 0. The van der Waals surface area contributed by atoms with Crippen molar-refractivity contribution in [3.05, 3.63) is 94.8 Å². The summed E-state index contributed by atoms with van der Waals surface area (Å²) in [6, 6.07) is 23.6. The Morgan fingerprint density at radius 1 is 0.944 bits per heavy atom. The predicted octanol–water partition coefficient (Wildman–Crippen LogP) is 5.33. The average Bonchev–Trinajstić information content (AvgIpc) is 2.90. The first-order valence-corrected chi connectivity index (χ1v) is 14.7.